The second-order valence-electron chi connectivity index (χ2n) is 4.05. The van der Waals surface area contributed by atoms with E-state index in [1.54, 1.807) is 0 Å². The van der Waals surface area contributed by atoms with E-state index in [2.05, 4.69) is 16.7 Å². The number of aromatic nitrogens is 1. The van der Waals surface area contributed by atoms with Crippen LogP contribution in [0.1, 0.15) is 22.7 Å². The van der Waals surface area contributed by atoms with Gasteiger partial charge < -0.3 is 5.73 Å². The molecule has 0 aliphatic carbocycles. The Balaban J connectivity index is 1.83. The Morgan fingerprint density at radius 1 is 1.53 bits per heavy atom. The van der Waals surface area contributed by atoms with E-state index in [0.29, 0.717) is 0 Å². The van der Waals surface area contributed by atoms with Crippen molar-refractivity contribution >= 4 is 23.1 Å². The Hall–Kier alpha value is -0.0600. The first-order valence-corrected chi connectivity index (χ1v) is 7.57. The Morgan fingerprint density at radius 2 is 2.47 bits per heavy atom. The predicted molar refractivity (Wildman–Crippen MR) is 68.6 cm³/mol. The maximum Gasteiger partial charge on any atom is 0.0930 e. The van der Waals surface area contributed by atoms with Crippen LogP contribution in [0.5, 0.6) is 0 Å². The molecule has 1 aliphatic rings. The highest BCUT2D eigenvalue weighted by atomic mass is 32.2. The second-order valence-corrected chi connectivity index (χ2v) is 6.40. The highest BCUT2D eigenvalue weighted by Gasteiger charge is 2.17. The highest BCUT2D eigenvalue weighted by molar-refractivity contribution is 7.99. The third-order valence-electron chi connectivity index (χ3n) is 2.72. The first-order valence-electron chi connectivity index (χ1n) is 5.60. The van der Waals surface area contributed by atoms with Crippen molar-refractivity contribution in [3.63, 3.8) is 0 Å². The highest BCUT2D eigenvalue weighted by Crippen LogP contribution is 2.28. The molecular formula is C11H18N2S2. The Morgan fingerprint density at radius 3 is 3.20 bits per heavy atom. The molecule has 2 heterocycles. The summed E-state index contributed by atoms with van der Waals surface area (Å²) in [6.45, 7) is 0.784. The number of nitrogens with two attached hydrogens (primary N) is 1. The van der Waals surface area contributed by atoms with E-state index in [1.165, 1.54) is 34.2 Å². The molecule has 1 aliphatic heterocycles. The summed E-state index contributed by atoms with van der Waals surface area (Å²) in [6.07, 6.45) is 6.80. The lowest BCUT2D eigenvalue weighted by Gasteiger charge is -2.03. The quantitative estimate of drug-likeness (QED) is 0.861. The molecule has 1 atom stereocenters. The number of thiazole rings is 1. The largest absolute Gasteiger partial charge is 0.330 e. The molecule has 1 aromatic heterocycles. The van der Waals surface area contributed by atoms with Gasteiger partial charge in [-0.1, -0.05) is 0 Å². The van der Waals surface area contributed by atoms with Gasteiger partial charge in [-0.25, -0.2) is 4.98 Å². The maximum atomic E-state index is 5.50. The number of rotatable bonds is 5. The fourth-order valence-corrected chi connectivity index (χ4v) is 4.19. The summed E-state index contributed by atoms with van der Waals surface area (Å²) in [7, 11) is 0. The summed E-state index contributed by atoms with van der Waals surface area (Å²) < 4.78 is 0. The van der Waals surface area contributed by atoms with E-state index >= 15 is 0 Å². The average molecular weight is 242 g/mol. The fourth-order valence-electron chi connectivity index (χ4n) is 1.83. The van der Waals surface area contributed by atoms with Crippen LogP contribution < -0.4 is 5.73 Å². The van der Waals surface area contributed by atoms with Gasteiger partial charge in [-0.05, 0) is 43.2 Å². The van der Waals surface area contributed by atoms with Crippen molar-refractivity contribution in [3.8, 4) is 0 Å². The minimum absolute atomic E-state index is 0.784. The van der Waals surface area contributed by atoms with Crippen LogP contribution in [0.3, 0.4) is 0 Å². The van der Waals surface area contributed by atoms with Gasteiger partial charge in [0.25, 0.3) is 0 Å². The van der Waals surface area contributed by atoms with E-state index in [1.807, 2.05) is 17.5 Å². The minimum Gasteiger partial charge on any atom is -0.330 e. The molecule has 2 N–H and O–H groups in total. The molecule has 0 saturated carbocycles. The summed E-state index contributed by atoms with van der Waals surface area (Å²) in [4.78, 5) is 5.90. The van der Waals surface area contributed by atoms with Crippen molar-refractivity contribution in [2.24, 2.45) is 11.7 Å². The first kappa shape index (κ1) is 11.4. The van der Waals surface area contributed by atoms with Crippen LogP contribution in [-0.4, -0.2) is 23.0 Å². The Labute approximate surface area is 99.7 Å². The van der Waals surface area contributed by atoms with Crippen LogP contribution >= 0.6 is 23.1 Å². The van der Waals surface area contributed by atoms with Crippen LogP contribution in [0.15, 0.2) is 6.20 Å². The molecule has 0 radical (unpaired) electrons. The minimum atomic E-state index is 0.784. The van der Waals surface area contributed by atoms with Gasteiger partial charge in [0, 0.05) is 17.5 Å². The van der Waals surface area contributed by atoms with Crippen LogP contribution in [0, 0.1) is 5.92 Å². The lowest BCUT2D eigenvalue weighted by Crippen LogP contribution is -2.01. The van der Waals surface area contributed by atoms with Crippen molar-refractivity contribution in [3.05, 3.63) is 16.1 Å². The molecule has 1 unspecified atom stereocenters. The number of hydrogen-bond acceptors (Lipinski definition) is 4. The van der Waals surface area contributed by atoms with Gasteiger partial charge in [0.2, 0.25) is 0 Å². The zero-order chi connectivity index (χ0) is 10.5. The summed E-state index contributed by atoms with van der Waals surface area (Å²) in [5, 5.41) is 1.33. The van der Waals surface area contributed by atoms with Crippen molar-refractivity contribution < 1.29 is 0 Å². The molecular weight excluding hydrogens is 224 g/mol. The van der Waals surface area contributed by atoms with Gasteiger partial charge in [-0.15, -0.1) is 11.3 Å². The standard InChI is InChI=1S/C11H18N2S2/c12-4-1-2-10-7-13-11(15-10)6-9-3-5-14-8-9/h7,9H,1-6,8,12H2. The van der Waals surface area contributed by atoms with Crippen molar-refractivity contribution in [2.45, 2.75) is 25.7 Å². The lowest BCUT2D eigenvalue weighted by atomic mass is 10.1. The molecule has 1 fully saturated rings. The Bertz CT molecular complexity index is 293. The zero-order valence-corrected chi connectivity index (χ0v) is 10.6. The average Bonchev–Trinajstić information content (AvgIpc) is 2.87. The van der Waals surface area contributed by atoms with Gasteiger partial charge >= 0.3 is 0 Å². The second kappa shape index (κ2) is 5.87. The van der Waals surface area contributed by atoms with Crippen molar-refractivity contribution in [2.75, 3.05) is 18.1 Å². The first-order chi connectivity index (χ1) is 7.38. The predicted octanol–water partition coefficient (Wildman–Crippen LogP) is 2.33. The van der Waals surface area contributed by atoms with E-state index in [4.69, 9.17) is 5.73 Å². The fraction of sp³-hybridized carbons (Fsp3) is 0.727. The number of hydrogen-bond donors (Lipinski definition) is 1. The molecule has 15 heavy (non-hydrogen) atoms. The number of thioether (sulfide) groups is 1. The molecule has 0 bridgehead atoms. The summed E-state index contributed by atoms with van der Waals surface area (Å²) in [6, 6.07) is 0. The summed E-state index contributed by atoms with van der Waals surface area (Å²) in [5.74, 6) is 3.55. The topological polar surface area (TPSA) is 38.9 Å². The molecule has 1 saturated heterocycles. The van der Waals surface area contributed by atoms with Crippen LogP contribution in [0.4, 0.5) is 0 Å². The van der Waals surface area contributed by atoms with E-state index in [9.17, 15) is 0 Å². The SMILES string of the molecule is NCCCc1cnc(CC2CCSC2)s1. The lowest BCUT2D eigenvalue weighted by molar-refractivity contribution is 0.594. The monoisotopic (exact) mass is 242 g/mol. The van der Waals surface area contributed by atoms with Gasteiger partial charge in [0.05, 0.1) is 5.01 Å². The Kier molecular flexibility index (Phi) is 4.47. The summed E-state index contributed by atoms with van der Waals surface area (Å²) in [5.41, 5.74) is 5.50. The van der Waals surface area contributed by atoms with Crippen molar-refractivity contribution in [1.29, 1.82) is 0 Å². The molecule has 1 aromatic rings. The maximum absolute atomic E-state index is 5.50. The van der Waals surface area contributed by atoms with Crippen molar-refractivity contribution in [1.82, 2.24) is 4.98 Å². The number of aryl methyl sites for hydroxylation is 1. The van der Waals surface area contributed by atoms with Crippen LogP contribution in [0.2, 0.25) is 0 Å². The van der Waals surface area contributed by atoms with E-state index in [0.717, 1.165) is 25.3 Å². The van der Waals surface area contributed by atoms with Crippen LogP contribution in [0.25, 0.3) is 0 Å². The van der Waals surface area contributed by atoms with E-state index < -0.39 is 0 Å². The molecule has 0 amide bonds. The summed E-state index contributed by atoms with van der Waals surface area (Å²) >= 11 is 3.97. The molecule has 0 aromatic carbocycles. The van der Waals surface area contributed by atoms with Crippen LogP contribution in [-0.2, 0) is 12.8 Å². The molecule has 4 heteroatoms. The zero-order valence-electron chi connectivity index (χ0n) is 8.95. The van der Waals surface area contributed by atoms with Gasteiger partial charge in [0.15, 0.2) is 0 Å². The van der Waals surface area contributed by atoms with Gasteiger partial charge in [-0.3, -0.25) is 0 Å². The van der Waals surface area contributed by atoms with Gasteiger partial charge in [0.1, 0.15) is 0 Å². The molecule has 2 rings (SSSR count). The normalized spacial score (nSPS) is 21.0. The number of nitrogens with zero attached hydrogens (tertiary/aromatic N) is 1. The third-order valence-corrected chi connectivity index (χ3v) is 5.03. The van der Waals surface area contributed by atoms with Gasteiger partial charge in [-0.2, -0.15) is 11.8 Å². The third kappa shape index (κ3) is 3.47. The molecule has 2 nitrogen and oxygen atoms in total. The molecule has 0 spiro atoms. The molecule has 84 valence electrons. The van der Waals surface area contributed by atoms with E-state index in [-0.39, 0.29) is 0 Å². The smallest absolute Gasteiger partial charge is 0.0930 e.